The summed E-state index contributed by atoms with van der Waals surface area (Å²) in [5.41, 5.74) is 5.19. The maximum absolute atomic E-state index is 13.1. The van der Waals surface area contributed by atoms with E-state index in [-0.39, 0.29) is 18.9 Å². The molecule has 0 aliphatic heterocycles. The summed E-state index contributed by atoms with van der Waals surface area (Å²) >= 11 is 1.53. The van der Waals surface area contributed by atoms with E-state index < -0.39 is 17.9 Å². The van der Waals surface area contributed by atoms with E-state index in [0.29, 0.717) is 17.7 Å². The van der Waals surface area contributed by atoms with E-state index in [1.807, 2.05) is 92.1 Å². The summed E-state index contributed by atoms with van der Waals surface area (Å²) in [6.07, 6.45) is 6.23. The summed E-state index contributed by atoms with van der Waals surface area (Å²) < 4.78 is 0. The van der Waals surface area contributed by atoms with Gasteiger partial charge in [0.1, 0.15) is 0 Å². The zero-order valence-electron chi connectivity index (χ0n) is 19.2. The van der Waals surface area contributed by atoms with Gasteiger partial charge in [0.2, 0.25) is 0 Å². The van der Waals surface area contributed by atoms with E-state index in [9.17, 15) is 14.7 Å². The first-order valence-corrected chi connectivity index (χ1v) is 11.8. The van der Waals surface area contributed by atoms with Gasteiger partial charge in [0.05, 0.1) is 12.0 Å². The fraction of sp³-hybridized carbons (Fsp3) is 0.185. The fourth-order valence-corrected chi connectivity index (χ4v) is 3.91. The van der Waals surface area contributed by atoms with Crippen molar-refractivity contribution in [1.29, 1.82) is 0 Å². The summed E-state index contributed by atoms with van der Waals surface area (Å²) in [7, 11) is 0. The van der Waals surface area contributed by atoms with Crippen LogP contribution in [0.5, 0.6) is 0 Å². The van der Waals surface area contributed by atoms with Gasteiger partial charge in [0.15, 0.2) is 0 Å². The third-order valence-electron chi connectivity index (χ3n) is 5.19. The third kappa shape index (κ3) is 7.40. The molecule has 0 aromatic heterocycles. The van der Waals surface area contributed by atoms with Gasteiger partial charge < -0.3 is 15.2 Å². The van der Waals surface area contributed by atoms with Crippen molar-refractivity contribution in [2.45, 2.75) is 19.4 Å². The number of hydrogen-bond donors (Lipinski definition) is 1. The molecule has 0 radical (unpaired) electrons. The van der Waals surface area contributed by atoms with Crippen molar-refractivity contribution in [3.8, 4) is 11.1 Å². The number of nitrogens with one attached hydrogen (secondary N) is 1. The van der Waals surface area contributed by atoms with Gasteiger partial charge >= 0.3 is 18.9 Å². The molecule has 0 saturated carbocycles. The number of carboxylic acids is 1. The minimum atomic E-state index is -1.27. The summed E-state index contributed by atoms with van der Waals surface area (Å²) in [4.78, 5) is 24.6. The summed E-state index contributed by atoms with van der Waals surface area (Å²) in [5.74, 6) is -1.07. The Morgan fingerprint density at radius 2 is 1.61 bits per heavy atom. The molecule has 0 aliphatic rings. The number of benzene rings is 3. The third-order valence-corrected chi connectivity index (χ3v) is 5.84. The fourth-order valence-electron chi connectivity index (χ4n) is 3.44. The van der Waals surface area contributed by atoms with Crippen LogP contribution in [0.4, 0.5) is 0 Å². The van der Waals surface area contributed by atoms with Gasteiger partial charge in [-0.05, 0) is 65.3 Å². The van der Waals surface area contributed by atoms with Crippen molar-refractivity contribution in [2.75, 3.05) is 12.0 Å². The maximum Gasteiger partial charge on any atom is 1.00 e. The summed E-state index contributed by atoms with van der Waals surface area (Å²) in [6, 6.07) is 22.4. The van der Waals surface area contributed by atoms with Crippen LogP contribution < -0.4 is 29.3 Å². The van der Waals surface area contributed by atoms with Gasteiger partial charge in [-0.3, -0.25) is 4.79 Å². The molecule has 1 unspecified atom stereocenters. The molecule has 164 valence electrons. The van der Waals surface area contributed by atoms with Crippen molar-refractivity contribution in [3.05, 3.63) is 95.1 Å². The van der Waals surface area contributed by atoms with Crippen molar-refractivity contribution in [2.24, 2.45) is 0 Å². The zero-order valence-corrected chi connectivity index (χ0v) is 20.0. The predicted molar refractivity (Wildman–Crippen MR) is 131 cm³/mol. The Hall–Kier alpha value is -2.71. The van der Waals surface area contributed by atoms with Crippen LogP contribution in [-0.2, 0) is 4.79 Å². The SMILES string of the molecule is CSCCC(NC(=O)c1ccc(/C=C/c2ccccc2)cc1-c1ccccc1C)C(=O)[O-].[Li+]. The van der Waals surface area contributed by atoms with Gasteiger partial charge in [-0.1, -0.05) is 72.8 Å². The molecule has 0 fully saturated rings. The largest absolute Gasteiger partial charge is 1.00 e. The van der Waals surface area contributed by atoms with E-state index in [4.69, 9.17) is 0 Å². The monoisotopic (exact) mass is 451 g/mol. The van der Waals surface area contributed by atoms with E-state index in [1.165, 1.54) is 11.8 Å². The normalized spacial score (nSPS) is 11.6. The molecule has 4 nitrogen and oxygen atoms in total. The van der Waals surface area contributed by atoms with Gasteiger partial charge in [-0.25, -0.2) is 0 Å². The standard InChI is InChI=1S/C27H27NO3S.Li/c1-19-8-6-7-11-22(19)24-18-21(13-12-20-9-4-3-5-10-20)14-15-23(24)26(29)28-25(27(30)31)16-17-32-2;/h3-15,18,25H,16-17H2,1-2H3,(H,28,29)(H,30,31);/q;+1/p-1/b13-12+;. The molecular weight excluding hydrogens is 425 g/mol. The Labute approximate surface area is 211 Å². The molecule has 33 heavy (non-hydrogen) atoms. The van der Waals surface area contributed by atoms with E-state index in [0.717, 1.165) is 27.8 Å². The number of rotatable bonds is 9. The Bertz CT molecular complexity index is 1120. The van der Waals surface area contributed by atoms with Crippen molar-refractivity contribution in [1.82, 2.24) is 5.32 Å². The molecular formula is C27H26LiNO3S. The average Bonchev–Trinajstić information content (AvgIpc) is 2.81. The Balaban J connectivity index is 0.00000385. The van der Waals surface area contributed by atoms with E-state index in [1.54, 1.807) is 6.07 Å². The Kier molecular flexibility index (Phi) is 10.5. The van der Waals surface area contributed by atoms with Gasteiger partial charge in [0, 0.05) is 5.56 Å². The molecule has 1 N–H and O–H groups in total. The van der Waals surface area contributed by atoms with Crippen LogP contribution >= 0.6 is 11.8 Å². The molecule has 0 saturated heterocycles. The number of aryl methyl sites for hydroxylation is 1. The zero-order chi connectivity index (χ0) is 22.9. The Morgan fingerprint density at radius 3 is 2.27 bits per heavy atom. The van der Waals surface area contributed by atoms with Crippen molar-refractivity contribution in [3.63, 3.8) is 0 Å². The number of amides is 1. The molecule has 1 amide bonds. The topological polar surface area (TPSA) is 69.2 Å². The minimum absolute atomic E-state index is 0. The Morgan fingerprint density at radius 1 is 0.939 bits per heavy atom. The number of carbonyl (C=O) groups is 2. The van der Waals surface area contributed by atoms with E-state index in [2.05, 4.69) is 5.32 Å². The molecule has 3 aromatic carbocycles. The maximum atomic E-state index is 13.1. The van der Waals surface area contributed by atoms with Crippen LogP contribution in [0.15, 0.2) is 72.8 Å². The molecule has 0 heterocycles. The summed E-state index contributed by atoms with van der Waals surface area (Å²) in [5, 5.41) is 14.2. The molecule has 6 heteroatoms. The molecule has 3 aromatic rings. The first kappa shape index (κ1) is 26.5. The number of aliphatic carboxylic acids is 1. The number of thioether (sulfide) groups is 1. The minimum Gasteiger partial charge on any atom is -0.548 e. The smallest absolute Gasteiger partial charge is 0.548 e. The molecule has 0 aliphatic carbocycles. The van der Waals surface area contributed by atoms with Crippen LogP contribution in [0, 0.1) is 6.92 Å². The van der Waals surface area contributed by atoms with Crippen LogP contribution in [0.2, 0.25) is 0 Å². The van der Waals surface area contributed by atoms with Gasteiger partial charge in [0.25, 0.3) is 5.91 Å². The van der Waals surface area contributed by atoms with Crippen LogP contribution in [0.3, 0.4) is 0 Å². The van der Waals surface area contributed by atoms with Gasteiger partial charge in [-0.2, -0.15) is 11.8 Å². The van der Waals surface area contributed by atoms with Crippen LogP contribution in [0.25, 0.3) is 23.3 Å². The molecule has 0 bridgehead atoms. The second kappa shape index (κ2) is 13.1. The van der Waals surface area contributed by atoms with Crippen molar-refractivity contribution >= 4 is 35.8 Å². The average molecular weight is 452 g/mol. The number of hydrogen-bond acceptors (Lipinski definition) is 4. The molecule has 0 spiro atoms. The number of carbonyl (C=O) groups excluding carboxylic acids is 2. The first-order chi connectivity index (χ1) is 15.5. The number of carboxylic acid groups (broad SMARTS) is 1. The predicted octanol–water partition coefficient (Wildman–Crippen LogP) is 1.44. The molecule has 1 atom stereocenters. The van der Waals surface area contributed by atoms with E-state index >= 15 is 0 Å². The van der Waals surface area contributed by atoms with Crippen LogP contribution in [0.1, 0.15) is 33.5 Å². The summed E-state index contributed by atoms with van der Waals surface area (Å²) in [6.45, 7) is 1.99. The first-order valence-electron chi connectivity index (χ1n) is 10.4. The van der Waals surface area contributed by atoms with Crippen molar-refractivity contribution < 1.29 is 33.6 Å². The second-order valence-corrected chi connectivity index (χ2v) is 8.48. The van der Waals surface area contributed by atoms with Gasteiger partial charge in [-0.15, -0.1) is 0 Å². The quantitative estimate of drug-likeness (QED) is 0.395. The second-order valence-electron chi connectivity index (χ2n) is 7.49. The van der Waals surface area contributed by atoms with Crippen LogP contribution in [-0.4, -0.2) is 29.9 Å². The molecule has 3 rings (SSSR count).